The molecule has 29 heavy (non-hydrogen) atoms. The minimum absolute atomic E-state index is 0.0203. The first-order valence-electron chi connectivity index (χ1n) is 9.02. The summed E-state index contributed by atoms with van der Waals surface area (Å²) in [6.45, 7) is 2.09. The van der Waals surface area contributed by atoms with E-state index in [2.05, 4.69) is 0 Å². The van der Waals surface area contributed by atoms with Gasteiger partial charge < -0.3 is 10.5 Å². The zero-order valence-corrected chi connectivity index (χ0v) is 16.7. The van der Waals surface area contributed by atoms with Crippen molar-refractivity contribution < 1.29 is 17.5 Å². The van der Waals surface area contributed by atoms with E-state index in [1.165, 1.54) is 12.1 Å². The molecule has 1 aliphatic rings. The third kappa shape index (κ3) is 3.93. The summed E-state index contributed by atoms with van der Waals surface area (Å²) in [4.78, 5) is 0. The van der Waals surface area contributed by atoms with Crippen LogP contribution in [0.5, 0.6) is 11.5 Å². The van der Waals surface area contributed by atoms with Crippen molar-refractivity contribution in [1.82, 2.24) is 3.89 Å². The highest BCUT2D eigenvalue weighted by molar-refractivity contribution is 7.91. The first kappa shape index (κ1) is 20.7. The Morgan fingerprint density at radius 2 is 1.97 bits per heavy atom. The van der Waals surface area contributed by atoms with E-state index in [0.717, 1.165) is 11.6 Å². The van der Waals surface area contributed by atoms with Crippen LogP contribution in [0.1, 0.15) is 12.5 Å². The van der Waals surface area contributed by atoms with E-state index < -0.39 is 15.8 Å². The molecule has 150 valence electrons. The maximum absolute atomic E-state index is 14.1. The Labute approximate surface area is 169 Å². The zero-order chi connectivity index (χ0) is 21.1. The molecular weight excluding hydrogens is 393 g/mol. The Bertz CT molecular complexity index is 1120. The number of rotatable bonds is 6. The van der Waals surface area contributed by atoms with Crippen molar-refractivity contribution in [3.63, 3.8) is 0 Å². The van der Waals surface area contributed by atoms with E-state index in [9.17, 15) is 12.8 Å². The molecule has 1 aliphatic heterocycles. The monoisotopic (exact) mass is 414 g/mol. The second-order valence-corrected chi connectivity index (χ2v) is 8.90. The third-order valence-corrected chi connectivity index (χ3v) is 6.93. The molecule has 0 amide bonds. The Kier molecular flexibility index (Phi) is 5.84. The first-order chi connectivity index (χ1) is 13.8. The van der Waals surface area contributed by atoms with Gasteiger partial charge in [-0.25, -0.2) is 4.39 Å². The summed E-state index contributed by atoms with van der Waals surface area (Å²) in [5, 5.41) is 8.82. The van der Waals surface area contributed by atoms with Gasteiger partial charge in [-0.3, -0.25) is 0 Å². The second kappa shape index (κ2) is 8.17. The summed E-state index contributed by atoms with van der Waals surface area (Å²) < 4.78 is 45.2. The number of hydrogen-bond donors (Lipinski definition) is 1. The molecule has 2 aromatic carbocycles. The summed E-state index contributed by atoms with van der Waals surface area (Å²) in [6, 6.07) is 12.3. The summed E-state index contributed by atoms with van der Waals surface area (Å²) in [5.74, 6) is -0.362. The molecular formula is C21H21FN3O3S+. The van der Waals surface area contributed by atoms with Crippen molar-refractivity contribution in [3.8, 4) is 17.6 Å². The Morgan fingerprint density at radius 1 is 1.24 bits per heavy atom. The van der Waals surface area contributed by atoms with Crippen molar-refractivity contribution in [1.29, 1.82) is 5.26 Å². The zero-order valence-electron chi connectivity index (χ0n) is 15.9. The van der Waals surface area contributed by atoms with Crippen LogP contribution in [0.2, 0.25) is 0 Å². The molecule has 8 heteroatoms. The van der Waals surface area contributed by atoms with E-state index >= 15 is 0 Å². The molecule has 1 atom stereocenters. The Hall–Kier alpha value is -2.99. The maximum atomic E-state index is 14.1. The molecule has 0 saturated heterocycles. The smallest absolute Gasteiger partial charge is 0.306 e. The summed E-state index contributed by atoms with van der Waals surface area (Å²) in [5.41, 5.74) is 7.20. The predicted molar refractivity (Wildman–Crippen MR) is 110 cm³/mol. The van der Waals surface area contributed by atoms with E-state index in [1.54, 1.807) is 43.5 Å². The minimum atomic E-state index is -3.54. The van der Waals surface area contributed by atoms with Crippen molar-refractivity contribution >= 4 is 15.7 Å². The van der Waals surface area contributed by atoms with Crippen molar-refractivity contribution in [2.45, 2.75) is 6.92 Å². The summed E-state index contributed by atoms with van der Waals surface area (Å²) >= 11 is 0. The lowest BCUT2D eigenvalue weighted by molar-refractivity contribution is 0.441. The number of hydrogen-bond acceptors (Lipinski definition) is 5. The van der Waals surface area contributed by atoms with Crippen molar-refractivity contribution in [2.75, 3.05) is 18.8 Å². The number of ether oxygens (including phenoxy) is 1. The molecule has 0 saturated carbocycles. The van der Waals surface area contributed by atoms with Gasteiger partial charge in [0.2, 0.25) is 0 Å². The van der Waals surface area contributed by atoms with Gasteiger partial charge in [-0.2, -0.15) is 17.6 Å². The van der Waals surface area contributed by atoms with Crippen LogP contribution in [-0.4, -0.2) is 27.3 Å². The van der Waals surface area contributed by atoms with E-state index in [0.29, 0.717) is 11.4 Å². The molecule has 3 rings (SSSR count). The van der Waals surface area contributed by atoms with Gasteiger partial charge in [0.25, 0.3) is 0 Å². The summed E-state index contributed by atoms with van der Waals surface area (Å²) in [6.07, 6.45) is 5.29. The number of sulfonamides is 1. The second-order valence-electron chi connectivity index (χ2n) is 6.51. The number of nitrogens with zero attached hydrogens (tertiary/aromatic N) is 2. The summed E-state index contributed by atoms with van der Waals surface area (Å²) in [7, 11) is -3.54. The number of nitriles is 1. The third-order valence-electron chi connectivity index (χ3n) is 4.74. The van der Waals surface area contributed by atoms with Gasteiger partial charge in [0.05, 0.1) is 17.4 Å². The molecule has 0 aliphatic carbocycles. The van der Waals surface area contributed by atoms with Gasteiger partial charge in [0.15, 0.2) is 17.3 Å². The largest absolute Gasteiger partial charge is 0.454 e. The van der Waals surface area contributed by atoms with Crippen molar-refractivity contribution in [2.24, 2.45) is 5.73 Å². The average Bonchev–Trinajstić information content (AvgIpc) is 2.75. The number of nitrogens with two attached hydrogens (primary N) is 1. The maximum Gasteiger partial charge on any atom is 0.306 e. The number of quaternary nitrogens is 1. The lowest BCUT2D eigenvalue weighted by Gasteiger charge is -2.34. The standard InChI is InChI=1S/C21H21FN3O3S/c1-2-29(26,27)25(11-3-4-17(14-24)15-25)18-6-8-19(9-7-18)28-21-10-5-16(13-23)12-20(21)22/h3-10,12,15H,2,11,14,24H2,1H3/q+1. The van der Waals surface area contributed by atoms with Gasteiger partial charge in [-0.15, -0.1) is 0 Å². The number of halogens is 1. The van der Waals surface area contributed by atoms with Crippen LogP contribution in [0.4, 0.5) is 10.1 Å². The quantitative estimate of drug-likeness (QED) is 0.730. The minimum Gasteiger partial charge on any atom is -0.454 e. The fourth-order valence-corrected chi connectivity index (χ4v) is 4.67. The SMILES string of the molecule is CCS(=O)(=O)[N+]1(c2ccc(Oc3ccc(C#N)cc3F)cc2)C=C(CN)C=CC1. The fraction of sp³-hybridized carbons (Fsp3) is 0.190. The lowest BCUT2D eigenvalue weighted by atomic mass is 10.2. The molecule has 1 unspecified atom stereocenters. The van der Waals surface area contributed by atoms with Crippen LogP contribution in [0.25, 0.3) is 0 Å². The van der Waals surface area contributed by atoms with Crippen LogP contribution >= 0.6 is 0 Å². The van der Waals surface area contributed by atoms with Gasteiger partial charge >= 0.3 is 10.0 Å². The van der Waals surface area contributed by atoms with Gasteiger partial charge in [-0.05, 0) is 43.3 Å². The van der Waals surface area contributed by atoms with E-state index in [1.807, 2.05) is 12.1 Å². The molecule has 2 N–H and O–H groups in total. The highest BCUT2D eigenvalue weighted by Crippen LogP contribution is 2.35. The topological polar surface area (TPSA) is 93.2 Å². The molecule has 2 aromatic rings. The molecule has 0 fully saturated rings. The fourth-order valence-electron chi connectivity index (χ4n) is 3.16. The Balaban J connectivity index is 1.96. The Morgan fingerprint density at radius 3 is 2.55 bits per heavy atom. The van der Waals surface area contributed by atoms with Crippen LogP contribution in [0, 0.1) is 17.1 Å². The van der Waals surface area contributed by atoms with Gasteiger partial charge in [0, 0.05) is 24.3 Å². The van der Waals surface area contributed by atoms with Crippen LogP contribution < -0.4 is 14.4 Å². The van der Waals surface area contributed by atoms with Crippen LogP contribution in [0.15, 0.2) is 66.4 Å². The van der Waals surface area contributed by atoms with Crippen molar-refractivity contribution in [3.05, 3.63) is 77.8 Å². The molecule has 0 aromatic heterocycles. The highest BCUT2D eigenvalue weighted by atomic mass is 32.2. The molecule has 1 heterocycles. The average molecular weight is 414 g/mol. The van der Waals surface area contributed by atoms with E-state index in [4.69, 9.17) is 15.7 Å². The normalized spacial score (nSPS) is 18.8. The molecule has 0 bridgehead atoms. The molecule has 6 nitrogen and oxygen atoms in total. The highest BCUT2D eigenvalue weighted by Gasteiger charge is 2.42. The molecule has 0 spiro atoms. The van der Waals surface area contributed by atoms with Gasteiger partial charge in [-0.1, -0.05) is 6.08 Å². The number of benzene rings is 2. The predicted octanol–water partition coefficient (Wildman–Crippen LogP) is 3.56. The molecule has 0 radical (unpaired) electrons. The first-order valence-corrected chi connectivity index (χ1v) is 10.6. The van der Waals surface area contributed by atoms with Crippen LogP contribution in [-0.2, 0) is 10.0 Å². The van der Waals surface area contributed by atoms with Crippen LogP contribution in [0.3, 0.4) is 0 Å². The van der Waals surface area contributed by atoms with Gasteiger partial charge in [0.1, 0.15) is 18.5 Å². The lowest BCUT2D eigenvalue weighted by Crippen LogP contribution is -2.51. The van der Waals surface area contributed by atoms with E-state index in [-0.39, 0.29) is 34.0 Å².